The zero-order valence-electron chi connectivity index (χ0n) is 11.6. The predicted octanol–water partition coefficient (Wildman–Crippen LogP) is 4.16. The molecule has 0 saturated heterocycles. The van der Waals surface area contributed by atoms with Gasteiger partial charge in [0.2, 0.25) is 0 Å². The van der Waals surface area contributed by atoms with Gasteiger partial charge in [0.05, 0.1) is 11.7 Å². The Kier molecular flexibility index (Phi) is 11.0. The first-order valence-electron chi connectivity index (χ1n) is 5.35. The van der Waals surface area contributed by atoms with E-state index < -0.39 is 0 Å². The van der Waals surface area contributed by atoms with E-state index in [2.05, 4.69) is 29.0 Å². The Morgan fingerprint density at radius 1 is 1.00 bits per heavy atom. The topological polar surface area (TPSA) is 25.2 Å². The van der Waals surface area contributed by atoms with Crippen LogP contribution < -0.4 is 0 Å². The Bertz CT molecular complexity index is 455. The Hall–Kier alpha value is -1.44. The molecule has 0 amide bonds. The second-order valence-corrected chi connectivity index (χ2v) is 3.62. The van der Waals surface area contributed by atoms with Gasteiger partial charge in [0.1, 0.15) is 0 Å². The van der Waals surface area contributed by atoms with Crippen molar-refractivity contribution in [1.82, 2.24) is 4.98 Å². The number of rotatable bonds is 3. The zero-order chi connectivity index (χ0) is 11.2. The van der Waals surface area contributed by atoms with Crippen molar-refractivity contribution in [2.24, 2.45) is 4.99 Å². The van der Waals surface area contributed by atoms with Gasteiger partial charge in [0.25, 0.3) is 0 Å². The maximum atomic E-state index is 4.48. The molecule has 0 bridgehead atoms. The fourth-order valence-electron chi connectivity index (χ4n) is 1.46. The molecule has 0 N–H and O–H groups in total. The first kappa shape index (κ1) is 19.9. The van der Waals surface area contributed by atoms with E-state index in [1.807, 2.05) is 42.6 Å². The standard InChI is InChI=1S/C14H14N2.2CH3.Fe/c1-12(13-7-3-2-4-8-13)16-11-14-9-5-6-10-15-14;;;/h2-12H,1H3;2*1H3;/q;2*-1;+2. The maximum Gasteiger partial charge on any atom is 2.00 e. The summed E-state index contributed by atoms with van der Waals surface area (Å²) < 4.78 is 0. The van der Waals surface area contributed by atoms with Gasteiger partial charge in [-0.05, 0) is 24.6 Å². The smallest absolute Gasteiger partial charge is 0.358 e. The van der Waals surface area contributed by atoms with Gasteiger partial charge in [0.15, 0.2) is 0 Å². The van der Waals surface area contributed by atoms with Crippen LogP contribution in [0.1, 0.15) is 24.2 Å². The quantitative estimate of drug-likeness (QED) is 0.474. The molecule has 1 aromatic heterocycles. The van der Waals surface area contributed by atoms with E-state index in [1.165, 1.54) is 5.56 Å². The molecule has 1 atom stereocenters. The number of benzene rings is 1. The molecule has 102 valence electrons. The molecule has 0 aliphatic carbocycles. The largest absolute Gasteiger partial charge is 2.00 e. The Morgan fingerprint density at radius 2 is 1.63 bits per heavy atom. The molecule has 2 nitrogen and oxygen atoms in total. The second kappa shape index (κ2) is 10.5. The van der Waals surface area contributed by atoms with Gasteiger partial charge in [-0.15, -0.1) is 0 Å². The number of aromatic nitrogens is 1. The summed E-state index contributed by atoms with van der Waals surface area (Å²) in [5, 5.41) is 0. The van der Waals surface area contributed by atoms with Crippen molar-refractivity contribution in [2.45, 2.75) is 13.0 Å². The van der Waals surface area contributed by atoms with Gasteiger partial charge in [-0.3, -0.25) is 9.98 Å². The molecule has 0 radical (unpaired) electrons. The van der Waals surface area contributed by atoms with Crippen molar-refractivity contribution in [3.05, 3.63) is 80.8 Å². The normalized spacial score (nSPS) is 10.8. The van der Waals surface area contributed by atoms with Gasteiger partial charge in [-0.2, -0.15) is 0 Å². The average Bonchev–Trinajstić information content (AvgIpc) is 2.38. The number of hydrogen-bond acceptors (Lipinski definition) is 2. The Balaban J connectivity index is 0. The maximum absolute atomic E-state index is 4.48. The molecular weight excluding hydrogens is 276 g/mol. The fourth-order valence-corrected chi connectivity index (χ4v) is 1.46. The molecule has 0 fully saturated rings. The van der Waals surface area contributed by atoms with Crippen molar-refractivity contribution in [1.29, 1.82) is 0 Å². The summed E-state index contributed by atoms with van der Waals surface area (Å²) in [4.78, 5) is 8.67. The number of pyridine rings is 1. The summed E-state index contributed by atoms with van der Waals surface area (Å²) >= 11 is 0. The van der Waals surface area contributed by atoms with Crippen LogP contribution in [0.3, 0.4) is 0 Å². The summed E-state index contributed by atoms with van der Waals surface area (Å²) in [7, 11) is 0. The Morgan fingerprint density at radius 3 is 2.21 bits per heavy atom. The van der Waals surface area contributed by atoms with Crippen LogP contribution in [-0.4, -0.2) is 11.2 Å². The van der Waals surface area contributed by atoms with Gasteiger partial charge in [0, 0.05) is 12.4 Å². The molecule has 3 heteroatoms. The van der Waals surface area contributed by atoms with Crippen LogP contribution in [0.4, 0.5) is 0 Å². The average molecular weight is 296 g/mol. The van der Waals surface area contributed by atoms with Crippen molar-refractivity contribution in [3.63, 3.8) is 0 Å². The SMILES string of the molecule is CC(N=Cc1ccccn1)c1ccccc1.[CH3-].[CH3-].[Fe+2]. The number of nitrogens with zero attached hydrogens (tertiary/aromatic N) is 2. The molecule has 1 unspecified atom stereocenters. The molecule has 1 aromatic carbocycles. The molecule has 0 spiro atoms. The minimum absolute atomic E-state index is 0. The summed E-state index contributed by atoms with van der Waals surface area (Å²) in [6.07, 6.45) is 3.59. The van der Waals surface area contributed by atoms with Crippen molar-refractivity contribution in [3.8, 4) is 0 Å². The molecule has 0 saturated carbocycles. The molecule has 2 rings (SSSR count). The van der Waals surface area contributed by atoms with E-state index in [1.54, 1.807) is 6.20 Å². The van der Waals surface area contributed by atoms with Crippen LogP contribution in [0.2, 0.25) is 0 Å². The molecule has 0 aliphatic rings. The van der Waals surface area contributed by atoms with Crippen molar-refractivity contribution >= 4 is 6.21 Å². The zero-order valence-corrected chi connectivity index (χ0v) is 12.7. The molecule has 2 aromatic rings. The monoisotopic (exact) mass is 296 g/mol. The van der Waals surface area contributed by atoms with E-state index in [0.717, 1.165) is 5.69 Å². The third kappa shape index (κ3) is 6.32. The first-order valence-corrected chi connectivity index (χ1v) is 5.35. The second-order valence-electron chi connectivity index (χ2n) is 3.62. The van der Waals surface area contributed by atoms with Crippen LogP contribution >= 0.6 is 0 Å². The third-order valence-corrected chi connectivity index (χ3v) is 2.40. The van der Waals surface area contributed by atoms with Crippen LogP contribution in [0.25, 0.3) is 0 Å². The fraction of sp³-hybridized carbons (Fsp3) is 0.125. The third-order valence-electron chi connectivity index (χ3n) is 2.40. The summed E-state index contributed by atoms with van der Waals surface area (Å²) in [6, 6.07) is 16.2. The van der Waals surface area contributed by atoms with E-state index >= 15 is 0 Å². The minimum Gasteiger partial charge on any atom is -0.358 e. The van der Waals surface area contributed by atoms with Crippen LogP contribution in [0.15, 0.2) is 59.7 Å². The molecule has 1 heterocycles. The summed E-state index contributed by atoms with van der Waals surface area (Å²) in [5.41, 5.74) is 2.11. The van der Waals surface area contributed by atoms with E-state index in [0.29, 0.717) is 0 Å². The number of hydrogen-bond donors (Lipinski definition) is 0. The predicted molar refractivity (Wildman–Crippen MR) is 79.5 cm³/mol. The molecule has 0 aliphatic heterocycles. The van der Waals surface area contributed by atoms with Gasteiger partial charge >= 0.3 is 17.1 Å². The number of aliphatic imine (C=N–C) groups is 1. The van der Waals surface area contributed by atoms with E-state index in [-0.39, 0.29) is 38.0 Å². The van der Waals surface area contributed by atoms with Crippen LogP contribution in [0, 0.1) is 14.9 Å². The van der Waals surface area contributed by atoms with Gasteiger partial charge in [-0.1, -0.05) is 36.4 Å². The van der Waals surface area contributed by atoms with Crippen molar-refractivity contribution in [2.75, 3.05) is 0 Å². The van der Waals surface area contributed by atoms with Crippen LogP contribution in [-0.2, 0) is 17.1 Å². The van der Waals surface area contributed by atoms with Crippen molar-refractivity contribution < 1.29 is 17.1 Å². The summed E-state index contributed by atoms with van der Waals surface area (Å²) in [5.74, 6) is 0. The van der Waals surface area contributed by atoms with Gasteiger partial charge in [-0.25, -0.2) is 0 Å². The summed E-state index contributed by atoms with van der Waals surface area (Å²) in [6.45, 7) is 2.08. The van der Waals surface area contributed by atoms with E-state index in [9.17, 15) is 0 Å². The van der Waals surface area contributed by atoms with Gasteiger partial charge < -0.3 is 14.9 Å². The minimum atomic E-state index is 0. The van der Waals surface area contributed by atoms with Crippen LogP contribution in [0.5, 0.6) is 0 Å². The van der Waals surface area contributed by atoms with E-state index in [4.69, 9.17) is 0 Å². The molecular formula is C16H20FeN2. The molecule has 19 heavy (non-hydrogen) atoms. The Labute approximate surface area is 127 Å². The first-order chi connectivity index (χ1) is 7.86.